The minimum absolute atomic E-state index is 0.0368. The fourth-order valence-corrected chi connectivity index (χ4v) is 5.37. The van der Waals surface area contributed by atoms with Crippen molar-refractivity contribution < 1.29 is 4.79 Å². The van der Waals surface area contributed by atoms with Crippen LogP contribution in [0.4, 0.5) is 5.69 Å². The molecule has 0 saturated carbocycles. The summed E-state index contributed by atoms with van der Waals surface area (Å²) in [6, 6.07) is 13.5. The second-order valence-corrected chi connectivity index (χ2v) is 9.55. The molecule has 0 radical (unpaired) electrons. The first-order valence-electron chi connectivity index (χ1n) is 9.37. The van der Waals surface area contributed by atoms with E-state index in [1.807, 2.05) is 43.3 Å². The Morgan fingerprint density at radius 3 is 3.03 bits per heavy atom. The zero-order chi connectivity index (χ0) is 21.1. The van der Waals surface area contributed by atoms with Gasteiger partial charge >= 0.3 is 0 Å². The molecule has 2 unspecified atom stereocenters. The fraction of sp³-hybridized carbons (Fsp3) is 0.250. The van der Waals surface area contributed by atoms with Crippen molar-refractivity contribution in [3.8, 4) is 0 Å². The summed E-state index contributed by atoms with van der Waals surface area (Å²) in [6.45, 7) is 1.90. The number of aliphatic imine (C=N–C) groups is 1. The number of hydrogen-bond donors (Lipinski definition) is 4. The number of carbonyl (C=O) groups is 1. The van der Waals surface area contributed by atoms with Crippen LogP contribution in [-0.2, 0) is 4.79 Å². The second-order valence-electron chi connectivity index (χ2n) is 6.85. The van der Waals surface area contributed by atoms with E-state index in [9.17, 15) is 4.79 Å². The van der Waals surface area contributed by atoms with Gasteiger partial charge in [0, 0.05) is 28.9 Å². The van der Waals surface area contributed by atoms with E-state index in [1.54, 1.807) is 23.1 Å². The first-order chi connectivity index (χ1) is 14.5. The normalized spacial score (nSPS) is 19.7. The van der Waals surface area contributed by atoms with Crippen LogP contribution < -0.4 is 21.7 Å². The number of rotatable bonds is 5. The smallest absolute Gasteiger partial charge is 0.224 e. The van der Waals surface area contributed by atoms with Gasteiger partial charge in [0.25, 0.3) is 0 Å². The van der Waals surface area contributed by atoms with Crippen molar-refractivity contribution in [1.82, 2.24) is 15.6 Å². The number of nitrogens with zero attached hydrogens (tertiary/aromatic N) is 2. The van der Waals surface area contributed by atoms with Crippen LogP contribution in [0.3, 0.4) is 0 Å². The summed E-state index contributed by atoms with van der Waals surface area (Å²) in [6.07, 6.45) is -0.218. The summed E-state index contributed by atoms with van der Waals surface area (Å²) in [5.74, 6) is 0.835. The molecular formula is C20H21ClN6OS2. The Morgan fingerprint density at radius 2 is 2.20 bits per heavy atom. The predicted octanol–water partition coefficient (Wildman–Crippen LogP) is 3.54. The maximum Gasteiger partial charge on any atom is 0.224 e. The van der Waals surface area contributed by atoms with Crippen LogP contribution in [0, 0.1) is 6.92 Å². The highest BCUT2D eigenvalue weighted by Gasteiger charge is 2.26. The molecule has 0 spiro atoms. The van der Waals surface area contributed by atoms with Gasteiger partial charge in [0.1, 0.15) is 0 Å². The maximum absolute atomic E-state index is 12.2. The Bertz CT molecular complexity index is 1070. The van der Waals surface area contributed by atoms with Gasteiger partial charge in [-0.2, -0.15) is 0 Å². The average Bonchev–Trinajstić information content (AvgIpc) is 3.12. The third-order valence-electron chi connectivity index (χ3n) is 4.60. The number of carbonyl (C=O) groups excluding carboxylic acids is 1. The largest absolute Gasteiger partial charge is 0.370 e. The number of nitrogens with two attached hydrogens (primary N) is 1. The molecule has 1 aromatic heterocycles. The van der Waals surface area contributed by atoms with E-state index in [0.29, 0.717) is 17.2 Å². The first kappa shape index (κ1) is 20.9. The summed E-state index contributed by atoms with van der Waals surface area (Å²) in [5, 5.41) is 9.81. The van der Waals surface area contributed by atoms with Crippen LogP contribution in [0.2, 0.25) is 5.02 Å². The molecule has 2 atom stereocenters. The van der Waals surface area contributed by atoms with Crippen LogP contribution in [-0.4, -0.2) is 34.9 Å². The van der Waals surface area contributed by atoms with E-state index in [-0.39, 0.29) is 17.9 Å². The lowest BCUT2D eigenvalue weighted by Crippen LogP contribution is -2.57. The molecule has 1 fully saturated rings. The quantitative estimate of drug-likeness (QED) is 0.264. The third-order valence-corrected chi connectivity index (χ3v) is 7.36. The van der Waals surface area contributed by atoms with Crippen LogP contribution in [0.15, 0.2) is 51.8 Å². The van der Waals surface area contributed by atoms with Crippen molar-refractivity contribution in [3.05, 3.63) is 53.1 Å². The highest BCUT2D eigenvalue weighted by Crippen LogP contribution is 2.30. The Labute approximate surface area is 187 Å². The lowest BCUT2D eigenvalue weighted by Gasteiger charge is -2.29. The molecule has 1 saturated heterocycles. The Kier molecular flexibility index (Phi) is 6.43. The van der Waals surface area contributed by atoms with Crippen LogP contribution >= 0.6 is 34.7 Å². The van der Waals surface area contributed by atoms with Gasteiger partial charge in [0.2, 0.25) is 5.91 Å². The van der Waals surface area contributed by atoms with Crippen molar-refractivity contribution >= 4 is 62.5 Å². The van der Waals surface area contributed by atoms with Crippen LogP contribution in [0.1, 0.15) is 12.0 Å². The average molecular weight is 461 g/mol. The maximum atomic E-state index is 12.2. The third kappa shape index (κ3) is 5.04. The molecule has 2 aromatic carbocycles. The van der Waals surface area contributed by atoms with Crippen molar-refractivity contribution in [1.29, 1.82) is 0 Å². The molecule has 0 aliphatic carbocycles. The summed E-state index contributed by atoms with van der Waals surface area (Å²) >= 11 is 9.44. The van der Waals surface area contributed by atoms with E-state index in [4.69, 9.17) is 17.3 Å². The number of guanidine groups is 1. The van der Waals surface area contributed by atoms with Crippen LogP contribution in [0.25, 0.3) is 10.2 Å². The number of halogens is 1. The monoisotopic (exact) mass is 460 g/mol. The molecule has 1 aliphatic heterocycles. The molecular weight excluding hydrogens is 440 g/mol. The molecule has 156 valence electrons. The van der Waals surface area contributed by atoms with Gasteiger partial charge in [-0.05, 0) is 36.8 Å². The summed E-state index contributed by atoms with van der Waals surface area (Å²) in [7, 11) is 0. The van der Waals surface area contributed by atoms with Gasteiger partial charge < -0.3 is 16.4 Å². The molecule has 1 amide bonds. The Morgan fingerprint density at radius 1 is 1.37 bits per heavy atom. The van der Waals surface area contributed by atoms with E-state index in [2.05, 4.69) is 32.0 Å². The first-order valence-corrected chi connectivity index (χ1v) is 11.5. The summed E-state index contributed by atoms with van der Waals surface area (Å²) in [5.41, 5.74) is 8.69. The molecule has 3 aromatic rings. The van der Waals surface area contributed by atoms with Crippen molar-refractivity contribution in [2.24, 2.45) is 10.7 Å². The van der Waals surface area contributed by atoms with Gasteiger partial charge in [0.15, 0.2) is 16.6 Å². The molecule has 0 bridgehead atoms. The molecule has 5 N–H and O–H groups in total. The number of hydrogen-bond acceptors (Lipinski definition) is 6. The zero-order valence-electron chi connectivity index (χ0n) is 16.2. The van der Waals surface area contributed by atoms with Gasteiger partial charge in [0.05, 0.1) is 10.2 Å². The van der Waals surface area contributed by atoms with E-state index < -0.39 is 6.29 Å². The number of amides is 1. The molecule has 2 heterocycles. The molecule has 7 nitrogen and oxygen atoms in total. The topological polar surface area (TPSA) is 104 Å². The Balaban J connectivity index is 1.38. The van der Waals surface area contributed by atoms with Gasteiger partial charge in [-0.15, -0.1) is 11.3 Å². The SMILES string of the molecule is Cc1c(Cl)cccc1N/C(N)=N/C1NC(=O)CC(CSc2nc3ccccc3s2)N1. The number of para-hydroxylation sites is 1. The predicted molar refractivity (Wildman–Crippen MR) is 125 cm³/mol. The number of nitrogens with one attached hydrogen (secondary N) is 3. The number of aromatic nitrogens is 1. The molecule has 4 rings (SSSR count). The highest BCUT2D eigenvalue weighted by molar-refractivity contribution is 8.01. The summed E-state index contributed by atoms with van der Waals surface area (Å²) < 4.78 is 2.15. The van der Waals surface area contributed by atoms with Crippen LogP contribution in [0.5, 0.6) is 0 Å². The number of benzene rings is 2. The summed E-state index contributed by atoms with van der Waals surface area (Å²) in [4.78, 5) is 21.2. The van der Waals surface area contributed by atoms with Gasteiger partial charge in [-0.3, -0.25) is 10.1 Å². The van der Waals surface area contributed by atoms with E-state index in [0.717, 1.165) is 25.8 Å². The van der Waals surface area contributed by atoms with E-state index in [1.165, 1.54) is 0 Å². The number of thioether (sulfide) groups is 1. The standard InChI is InChI=1S/C20H21ClN6OS2/c1-11-13(21)5-4-7-14(11)24-18(22)27-19-23-12(9-17(28)26-19)10-29-20-25-15-6-2-3-8-16(15)30-20/h2-8,12,19,23H,9-10H2,1H3,(H,26,28)(H3,22,24,27). The number of fused-ring (bicyclic) bond motifs is 1. The van der Waals surface area contributed by atoms with Gasteiger partial charge in [-0.1, -0.05) is 41.6 Å². The second kappa shape index (κ2) is 9.22. The molecule has 30 heavy (non-hydrogen) atoms. The van der Waals surface area contributed by atoms with Gasteiger partial charge in [-0.25, -0.2) is 9.98 Å². The lowest BCUT2D eigenvalue weighted by atomic mass is 10.2. The minimum atomic E-state index is -0.598. The lowest BCUT2D eigenvalue weighted by molar-refractivity contribution is -0.124. The van der Waals surface area contributed by atoms with E-state index >= 15 is 0 Å². The number of anilines is 1. The molecule has 1 aliphatic rings. The Hall–Kier alpha value is -2.33. The number of thiazole rings is 1. The fourth-order valence-electron chi connectivity index (χ4n) is 3.07. The minimum Gasteiger partial charge on any atom is -0.370 e. The van der Waals surface area contributed by atoms with Crippen molar-refractivity contribution in [2.75, 3.05) is 11.1 Å². The highest BCUT2D eigenvalue weighted by atomic mass is 35.5. The van der Waals surface area contributed by atoms with Crippen molar-refractivity contribution in [2.45, 2.75) is 30.0 Å². The zero-order valence-corrected chi connectivity index (χ0v) is 18.6. The van der Waals surface area contributed by atoms with Crippen molar-refractivity contribution in [3.63, 3.8) is 0 Å². The molecule has 10 heteroatoms.